The number of nitrogens with two attached hydrogens (primary N) is 1. The topological polar surface area (TPSA) is 88.7 Å². The van der Waals surface area contributed by atoms with Crippen LogP contribution in [-0.2, 0) is 0 Å². The van der Waals surface area contributed by atoms with Crippen LogP contribution < -0.4 is 15.9 Å². The number of hydrogen-bond donors (Lipinski definition) is 2. The Hall–Kier alpha value is -1.60. The van der Waals surface area contributed by atoms with Gasteiger partial charge < -0.3 is 10.1 Å². The van der Waals surface area contributed by atoms with E-state index in [2.05, 4.69) is 20.3 Å². The maximum Gasteiger partial charge on any atom is 0.242 e. The normalized spacial score (nSPS) is 14.8. The molecule has 1 aliphatic rings. The molecule has 0 fully saturated rings. The lowest BCUT2D eigenvalue weighted by Gasteiger charge is -2.16. The first kappa shape index (κ1) is 11.9. The fraction of sp³-hybridized carbons (Fsp3) is 0.444. The number of nitrogens with one attached hydrogen (secondary N) is 1. The SMILES string of the molecule is COc1nc(C)nc(Cl)c1NC1=NCCN1N. The lowest BCUT2D eigenvalue weighted by Crippen LogP contribution is -2.38. The average molecular weight is 257 g/mol. The highest BCUT2D eigenvalue weighted by atomic mass is 35.5. The summed E-state index contributed by atoms with van der Waals surface area (Å²) in [5, 5.41) is 4.75. The van der Waals surface area contributed by atoms with Crippen molar-refractivity contribution in [1.82, 2.24) is 15.0 Å². The summed E-state index contributed by atoms with van der Waals surface area (Å²) in [4.78, 5) is 12.4. The number of aromatic nitrogens is 2. The molecule has 17 heavy (non-hydrogen) atoms. The summed E-state index contributed by atoms with van der Waals surface area (Å²) in [6.07, 6.45) is 0. The van der Waals surface area contributed by atoms with E-state index in [1.165, 1.54) is 12.1 Å². The lowest BCUT2D eigenvalue weighted by molar-refractivity contribution is 0.397. The number of hydrazine groups is 1. The Morgan fingerprint density at radius 1 is 1.47 bits per heavy atom. The summed E-state index contributed by atoms with van der Waals surface area (Å²) in [6.45, 7) is 3.04. The molecule has 7 nitrogen and oxygen atoms in total. The van der Waals surface area contributed by atoms with Gasteiger partial charge in [0.2, 0.25) is 11.8 Å². The molecule has 0 unspecified atom stereocenters. The number of rotatable bonds is 2. The zero-order chi connectivity index (χ0) is 12.4. The average Bonchev–Trinajstić information content (AvgIpc) is 2.68. The van der Waals surface area contributed by atoms with Crippen molar-refractivity contribution in [3.8, 4) is 5.88 Å². The Kier molecular flexibility index (Phi) is 3.30. The highest BCUT2D eigenvalue weighted by Gasteiger charge is 2.19. The van der Waals surface area contributed by atoms with E-state index < -0.39 is 0 Å². The fourth-order valence-corrected chi connectivity index (χ4v) is 1.70. The van der Waals surface area contributed by atoms with Crippen molar-refractivity contribution in [2.75, 3.05) is 25.5 Å². The van der Waals surface area contributed by atoms with Gasteiger partial charge in [-0.2, -0.15) is 4.98 Å². The summed E-state index contributed by atoms with van der Waals surface area (Å²) in [5.74, 6) is 7.14. The third kappa shape index (κ3) is 2.40. The van der Waals surface area contributed by atoms with E-state index >= 15 is 0 Å². The Bertz CT molecular complexity index is 463. The van der Waals surface area contributed by atoms with Crippen molar-refractivity contribution in [1.29, 1.82) is 0 Å². The van der Waals surface area contributed by atoms with Crippen LogP contribution >= 0.6 is 11.6 Å². The van der Waals surface area contributed by atoms with Gasteiger partial charge in [0.1, 0.15) is 11.5 Å². The molecule has 0 spiro atoms. The van der Waals surface area contributed by atoms with Crippen LogP contribution in [0.15, 0.2) is 4.99 Å². The molecule has 0 saturated heterocycles. The van der Waals surface area contributed by atoms with Crippen LogP contribution in [0.2, 0.25) is 5.15 Å². The molecular formula is C9H13ClN6O. The van der Waals surface area contributed by atoms with Gasteiger partial charge in [0, 0.05) is 0 Å². The highest BCUT2D eigenvalue weighted by Crippen LogP contribution is 2.29. The molecule has 0 radical (unpaired) electrons. The monoisotopic (exact) mass is 256 g/mol. The van der Waals surface area contributed by atoms with Crippen molar-refractivity contribution < 1.29 is 4.74 Å². The molecule has 0 bridgehead atoms. The molecule has 3 N–H and O–H groups in total. The number of aryl methyl sites for hydroxylation is 1. The molecular weight excluding hydrogens is 244 g/mol. The molecule has 0 aliphatic carbocycles. The van der Waals surface area contributed by atoms with Crippen molar-refractivity contribution in [3.05, 3.63) is 11.0 Å². The quantitative estimate of drug-likeness (QED) is 0.588. The fourth-order valence-electron chi connectivity index (χ4n) is 1.45. The van der Waals surface area contributed by atoms with Crippen LogP contribution in [0.4, 0.5) is 5.69 Å². The standard InChI is InChI=1S/C9H13ClN6O/c1-5-13-7(10)6(8(14-5)17-2)15-9-12-3-4-16(9)11/h3-4,11H2,1-2H3,(H,12,15). The minimum absolute atomic E-state index is 0.275. The van der Waals surface area contributed by atoms with Gasteiger partial charge in [0.25, 0.3) is 0 Å². The van der Waals surface area contributed by atoms with Crippen molar-refractivity contribution in [2.45, 2.75) is 6.92 Å². The molecule has 1 aromatic heterocycles. The largest absolute Gasteiger partial charge is 0.479 e. The van der Waals surface area contributed by atoms with E-state index in [1.54, 1.807) is 6.92 Å². The Balaban J connectivity index is 2.31. The predicted octanol–water partition coefficient (Wildman–Crippen LogP) is 0.404. The minimum Gasteiger partial charge on any atom is -0.479 e. The molecule has 0 saturated carbocycles. The van der Waals surface area contributed by atoms with Crippen molar-refractivity contribution >= 4 is 23.2 Å². The Morgan fingerprint density at radius 3 is 2.82 bits per heavy atom. The van der Waals surface area contributed by atoms with Gasteiger partial charge in [-0.3, -0.25) is 5.01 Å². The zero-order valence-electron chi connectivity index (χ0n) is 9.57. The summed E-state index contributed by atoms with van der Waals surface area (Å²) in [5.41, 5.74) is 0.468. The Labute approximate surface area is 104 Å². The molecule has 1 aromatic rings. The van der Waals surface area contributed by atoms with Crippen LogP contribution in [0, 0.1) is 6.92 Å². The summed E-state index contributed by atoms with van der Waals surface area (Å²) in [7, 11) is 1.51. The molecule has 8 heteroatoms. The number of nitrogens with zero attached hydrogens (tertiary/aromatic N) is 4. The van der Waals surface area contributed by atoms with Crippen LogP contribution in [-0.4, -0.2) is 41.1 Å². The third-order valence-electron chi connectivity index (χ3n) is 2.25. The van der Waals surface area contributed by atoms with Crippen molar-refractivity contribution in [3.63, 3.8) is 0 Å². The molecule has 2 heterocycles. The van der Waals surface area contributed by atoms with E-state index in [4.69, 9.17) is 22.2 Å². The lowest BCUT2D eigenvalue weighted by atomic mass is 10.4. The number of methoxy groups -OCH3 is 1. The van der Waals surface area contributed by atoms with Gasteiger partial charge in [-0.25, -0.2) is 15.8 Å². The van der Waals surface area contributed by atoms with Gasteiger partial charge in [-0.15, -0.1) is 0 Å². The van der Waals surface area contributed by atoms with E-state index in [1.807, 2.05) is 0 Å². The second-order valence-corrected chi connectivity index (χ2v) is 3.83. The first-order chi connectivity index (χ1) is 8.11. The number of aliphatic imine (C=N–C) groups is 1. The molecule has 0 atom stereocenters. The summed E-state index contributed by atoms with van der Waals surface area (Å²) >= 11 is 6.03. The number of halogens is 1. The van der Waals surface area contributed by atoms with Crippen LogP contribution in [0.25, 0.3) is 0 Å². The number of anilines is 1. The van der Waals surface area contributed by atoms with Gasteiger partial charge in [-0.05, 0) is 6.92 Å². The van der Waals surface area contributed by atoms with Crippen LogP contribution in [0.5, 0.6) is 5.88 Å². The summed E-state index contributed by atoms with van der Waals surface area (Å²) < 4.78 is 5.14. The predicted molar refractivity (Wildman–Crippen MR) is 65.1 cm³/mol. The van der Waals surface area contributed by atoms with E-state index in [9.17, 15) is 0 Å². The highest BCUT2D eigenvalue weighted by molar-refractivity contribution is 6.32. The van der Waals surface area contributed by atoms with Gasteiger partial charge >= 0.3 is 0 Å². The van der Waals surface area contributed by atoms with Gasteiger partial charge in [0.05, 0.1) is 20.2 Å². The number of guanidine groups is 1. The second-order valence-electron chi connectivity index (χ2n) is 3.47. The second kappa shape index (κ2) is 4.72. The molecule has 0 amide bonds. The zero-order valence-corrected chi connectivity index (χ0v) is 10.3. The number of ether oxygens (including phenoxy) is 1. The van der Waals surface area contributed by atoms with Crippen LogP contribution in [0.3, 0.4) is 0 Å². The van der Waals surface area contributed by atoms with E-state index in [-0.39, 0.29) is 5.15 Å². The van der Waals surface area contributed by atoms with Crippen LogP contribution in [0.1, 0.15) is 5.82 Å². The first-order valence-electron chi connectivity index (χ1n) is 5.03. The van der Waals surface area contributed by atoms with Gasteiger partial charge in [-0.1, -0.05) is 11.6 Å². The smallest absolute Gasteiger partial charge is 0.242 e. The first-order valence-corrected chi connectivity index (χ1v) is 5.41. The number of hydrogen-bond acceptors (Lipinski definition) is 7. The summed E-state index contributed by atoms with van der Waals surface area (Å²) in [6, 6.07) is 0. The van der Waals surface area contributed by atoms with Crippen molar-refractivity contribution in [2.24, 2.45) is 10.8 Å². The molecule has 2 rings (SSSR count). The van der Waals surface area contributed by atoms with E-state index in [0.29, 0.717) is 36.4 Å². The molecule has 92 valence electrons. The molecule has 0 aromatic carbocycles. The Morgan fingerprint density at radius 2 is 2.24 bits per heavy atom. The maximum atomic E-state index is 6.03. The third-order valence-corrected chi connectivity index (χ3v) is 2.52. The van der Waals surface area contributed by atoms with Gasteiger partial charge in [0.15, 0.2) is 5.15 Å². The maximum absolute atomic E-state index is 6.03. The van der Waals surface area contributed by atoms with E-state index in [0.717, 1.165) is 0 Å². The minimum atomic E-state index is 0.275. The molecule has 1 aliphatic heterocycles.